The zero-order valence-corrected chi connectivity index (χ0v) is 16.4. The van der Waals surface area contributed by atoms with Crippen LogP contribution in [0.2, 0.25) is 0 Å². The van der Waals surface area contributed by atoms with E-state index in [9.17, 15) is 9.59 Å². The second kappa shape index (κ2) is 9.14. The van der Waals surface area contributed by atoms with Gasteiger partial charge in [0.05, 0.1) is 25.3 Å². The van der Waals surface area contributed by atoms with Gasteiger partial charge in [-0.25, -0.2) is 9.59 Å². The largest absolute Gasteiger partial charge is 0.496 e. The van der Waals surface area contributed by atoms with Crippen molar-refractivity contribution in [1.82, 2.24) is 15.5 Å². The molecule has 0 aliphatic carbocycles. The Balaban J connectivity index is 2.02. The number of methoxy groups -OCH3 is 1. The van der Waals surface area contributed by atoms with E-state index in [0.717, 1.165) is 30.2 Å². The molecular weight excluding hydrogens is 366 g/mol. The standard InChI is InChI=1S/C19H25N3O4S/c1-3-26-18(23)16-14(12-22-8-10-27-11-9-22)20-19(24)21-17(16)13-6-4-5-7-15(13)25-2/h4-7,17H,3,8-12H2,1-2H3,(H2,20,21,24). The first-order valence-electron chi connectivity index (χ1n) is 9.04. The van der Waals surface area contributed by atoms with Gasteiger partial charge in [0.2, 0.25) is 0 Å². The monoisotopic (exact) mass is 391 g/mol. The Morgan fingerprint density at radius 3 is 2.74 bits per heavy atom. The maximum Gasteiger partial charge on any atom is 0.338 e. The summed E-state index contributed by atoms with van der Waals surface area (Å²) < 4.78 is 10.8. The smallest absolute Gasteiger partial charge is 0.338 e. The average Bonchev–Trinajstić information content (AvgIpc) is 2.68. The van der Waals surface area contributed by atoms with E-state index < -0.39 is 12.0 Å². The van der Waals surface area contributed by atoms with Crippen LogP contribution in [-0.4, -0.2) is 61.8 Å². The number of nitrogens with zero attached hydrogens (tertiary/aromatic N) is 1. The van der Waals surface area contributed by atoms with E-state index in [1.54, 1.807) is 14.0 Å². The number of hydrogen-bond acceptors (Lipinski definition) is 6. The molecule has 0 spiro atoms. The third-order valence-corrected chi connectivity index (χ3v) is 5.53. The van der Waals surface area contributed by atoms with Crippen LogP contribution in [0.4, 0.5) is 4.79 Å². The topological polar surface area (TPSA) is 79.9 Å². The summed E-state index contributed by atoms with van der Waals surface area (Å²) in [6.07, 6.45) is 0. The molecular formula is C19H25N3O4S. The minimum absolute atomic E-state index is 0.266. The van der Waals surface area contributed by atoms with Gasteiger partial charge in [-0.05, 0) is 13.0 Å². The van der Waals surface area contributed by atoms with Gasteiger partial charge in [0.1, 0.15) is 5.75 Å². The van der Waals surface area contributed by atoms with E-state index in [0.29, 0.717) is 23.6 Å². The number of ether oxygens (including phenoxy) is 2. The molecule has 2 N–H and O–H groups in total. The second-order valence-electron chi connectivity index (χ2n) is 6.27. The molecule has 1 unspecified atom stereocenters. The van der Waals surface area contributed by atoms with Crippen molar-refractivity contribution >= 4 is 23.8 Å². The number of benzene rings is 1. The summed E-state index contributed by atoms with van der Waals surface area (Å²) in [5, 5.41) is 5.68. The summed E-state index contributed by atoms with van der Waals surface area (Å²) in [5.41, 5.74) is 1.75. The fraction of sp³-hybridized carbons (Fsp3) is 0.474. The third-order valence-electron chi connectivity index (χ3n) is 4.58. The fourth-order valence-corrected chi connectivity index (χ4v) is 4.29. The highest BCUT2D eigenvalue weighted by molar-refractivity contribution is 7.99. The molecule has 27 heavy (non-hydrogen) atoms. The van der Waals surface area contributed by atoms with E-state index in [1.807, 2.05) is 36.0 Å². The van der Waals surface area contributed by atoms with Gasteiger partial charge < -0.3 is 20.1 Å². The number of esters is 1. The predicted molar refractivity (Wildman–Crippen MR) is 105 cm³/mol. The number of thioether (sulfide) groups is 1. The number of hydrogen-bond donors (Lipinski definition) is 2. The van der Waals surface area contributed by atoms with Crippen molar-refractivity contribution < 1.29 is 19.1 Å². The SMILES string of the molecule is CCOC(=O)C1=C(CN2CCSCC2)NC(=O)NC1c1ccccc1OC. The number of para-hydroxylation sites is 1. The molecule has 8 heteroatoms. The van der Waals surface area contributed by atoms with E-state index in [2.05, 4.69) is 15.5 Å². The van der Waals surface area contributed by atoms with Crippen molar-refractivity contribution in [3.05, 3.63) is 41.1 Å². The highest BCUT2D eigenvalue weighted by Gasteiger charge is 2.35. The summed E-state index contributed by atoms with van der Waals surface area (Å²) in [7, 11) is 1.57. The van der Waals surface area contributed by atoms with E-state index >= 15 is 0 Å². The summed E-state index contributed by atoms with van der Waals surface area (Å²) in [5.74, 6) is 2.27. The number of amides is 2. The van der Waals surface area contributed by atoms with Crippen LogP contribution in [-0.2, 0) is 9.53 Å². The Morgan fingerprint density at radius 2 is 2.04 bits per heavy atom. The molecule has 146 valence electrons. The summed E-state index contributed by atoms with van der Waals surface area (Å²) in [6, 6.07) is 6.42. The molecule has 0 bridgehead atoms. The third kappa shape index (κ3) is 4.56. The lowest BCUT2D eigenvalue weighted by molar-refractivity contribution is -0.139. The highest BCUT2D eigenvalue weighted by atomic mass is 32.2. The molecule has 1 fully saturated rings. The molecule has 2 amide bonds. The highest BCUT2D eigenvalue weighted by Crippen LogP contribution is 2.33. The first-order chi connectivity index (χ1) is 13.1. The lowest BCUT2D eigenvalue weighted by Crippen LogP contribution is -2.49. The van der Waals surface area contributed by atoms with Crippen LogP contribution in [0.25, 0.3) is 0 Å². The Bertz CT molecular complexity index is 731. The van der Waals surface area contributed by atoms with Crippen LogP contribution in [0, 0.1) is 0 Å². The average molecular weight is 391 g/mol. The molecule has 3 rings (SSSR count). The molecule has 2 aliphatic heterocycles. The minimum Gasteiger partial charge on any atom is -0.496 e. The maximum atomic E-state index is 12.8. The van der Waals surface area contributed by atoms with Gasteiger partial charge in [0, 0.05) is 42.4 Å². The summed E-state index contributed by atoms with van der Waals surface area (Å²) in [6.45, 7) is 4.39. The van der Waals surface area contributed by atoms with Crippen molar-refractivity contribution in [3.8, 4) is 5.75 Å². The van der Waals surface area contributed by atoms with Crippen LogP contribution in [0.5, 0.6) is 5.75 Å². The molecule has 0 aromatic heterocycles. The van der Waals surface area contributed by atoms with Gasteiger partial charge in [-0.2, -0.15) is 11.8 Å². The Morgan fingerprint density at radius 1 is 1.30 bits per heavy atom. The zero-order chi connectivity index (χ0) is 19.2. The fourth-order valence-electron chi connectivity index (χ4n) is 3.31. The van der Waals surface area contributed by atoms with E-state index in [-0.39, 0.29) is 12.6 Å². The van der Waals surface area contributed by atoms with Crippen LogP contribution in [0.1, 0.15) is 18.5 Å². The van der Waals surface area contributed by atoms with Gasteiger partial charge in [-0.15, -0.1) is 0 Å². The molecule has 1 aromatic carbocycles. The van der Waals surface area contributed by atoms with Crippen LogP contribution >= 0.6 is 11.8 Å². The number of carbonyl (C=O) groups excluding carboxylic acids is 2. The van der Waals surface area contributed by atoms with Crippen LogP contribution in [0.3, 0.4) is 0 Å². The normalized spacial score (nSPS) is 20.7. The van der Waals surface area contributed by atoms with Crippen molar-refractivity contribution in [2.75, 3.05) is 44.9 Å². The molecule has 0 radical (unpaired) electrons. The number of rotatable bonds is 6. The van der Waals surface area contributed by atoms with Crippen molar-refractivity contribution in [1.29, 1.82) is 0 Å². The molecule has 2 aliphatic rings. The van der Waals surface area contributed by atoms with E-state index in [1.165, 1.54) is 0 Å². The number of nitrogens with one attached hydrogen (secondary N) is 2. The van der Waals surface area contributed by atoms with Crippen molar-refractivity contribution in [2.45, 2.75) is 13.0 Å². The van der Waals surface area contributed by atoms with Crippen molar-refractivity contribution in [3.63, 3.8) is 0 Å². The van der Waals surface area contributed by atoms with Gasteiger partial charge >= 0.3 is 12.0 Å². The molecule has 1 aromatic rings. The van der Waals surface area contributed by atoms with Crippen molar-refractivity contribution in [2.24, 2.45) is 0 Å². The lowest BCUT2D eigenvalue weighted by atomic mass is 9.94. The predicted octanol–water partition coefficient (Wildman–Crippen LogP) is 1.92. The quantitative estimate of drug-likeness (QED) is 0.722. The molecule has 1 atom stereocenters. The first-order valence-corrected chi connectivity index (χ1v) is 10.2. The number of urea groups is 1. The Kier molecular flexibility index (Phi) is 6.63. The summed E-state index contributed by atoms with van der Waals surface area (Å²) >= 11 is 1.91. The number of carbonyl (C=O) groups is 2. The van der Waals surface area contributed by atoms with E-state index in [4.69, 9.17) is 9.47 Å². The Hall–Kier alpha value is -2.19. The van der Waals surface area contributed by atoms with Gasteiger partial charge in [0.15, 0.2) is 0 Å². The molecule has 7 nitrogen and oxygen atoms in total. The van der Waals surface area contributed by atoms with Gasteiger partial charge in [-0.3, -0.25) is 4.90 Å². The molecule has 1 saturated heterocycles. The molecule has 2 heterocycles. The maximum absolute atomic E-state index is 12.8. The lowest BCUT2D eigenvalue weighted by Gasteiger charge is -2.33. The summed E-state index contributed by atoms with van der Waals surface area (Å²) in [4.78, 5) is 27.4. The first kappa shape index (κ1) is 19.6. The Labute approximate surface area is 163 Å². The molecule has 0 saturated carbocycles. The van der Waals surface area contributed by atoms with Crippen LogP contribution < -0.4 is 15.4 Å². The van der Waals surface area contributed by atoms with Crippen LogP contribution in [0.15, 0.2) is 35.5 Å². The van der Waals surface area contributed by atoms with Gasteiger partial charge in [0.25, 0.3) is 0 Å². The minimum atomic E-state index is -0.622. The van der Waals surface area contributed by atoms with Gasteiger partial charge in [-0.1, -0.05) is 18.2 Å². The zero-order valence-electron chi connectivity index (χ0n) is 15.6. The second-order valence-corrected chi connectivity index (χ2v) is 7.50.